The zero-order chi connectivity index (χ0) is 98.6. The zero-order valence-corrected chi connectivity index (χ0v) is 79.8. The lowest BCUT2D eigenvalue weighted by Crippen LogP contribution is -2.59. The normalized spacial score (nSPS) is 32.1. The summed E-state index contributed by atoms with van der Waals surface area (Å²) >= 11 is 4.61. The third-order valence-electron chi connectivity index (χ3n) is 22.2. The molecule has 9 aliphatic heterocycles. The van der Waals surface area contributed by atoms with Crippen molar-refractivity contribution in [2.45, 2.75) is 348 Å². The van der Waals surface area contributed by atoms with Crippen LogP contribution in [0.25, 0.3) is 0 Å². The number of hydrogen-bond donors (Lipinski definition) is 7. The van der Waals surface area contributed by atoms with Crippen LogP contribution in [0.3, 0.4) is 0 Å². The monoisotopic (exact) mass is 1900 g/mol. The van der Waals surface area contributed by atoms with Gasteiger partial charge in [-0.3, -0.25) is 4.57 Å². The molecule has 9 aliphatic rings. The summed E-state index contributed by atoms with van der Waals surface area (Å²) in [5.41, 5.74) is -0.168. The van der Waals surface area contributed by atoms with E-state index < -0.39 is 142 Å². The van der Waals surface area contributed by atoms with Crippen LogP contribution < -0.4 is 0 Å². The van der Waals surface area contributed by atoms with Crippen LogP contribution in [0.15, 0.2) is 91.0 Å². The standard InChI is InChI=1S/C15H19FO3.C15H32N3OP.2C15H20O4.C12H21FNO3P.C8H15FO3.C8H15FO2.CH3Cl.2CH4O.4CH4/c1-15(2)9-18-11-8-17-14(19-12(11)13(15)16)10-6-4-3-5-7-10;1-12(2)17(13(3)4)20(19,11-9-10-16)18(14(5)6)15(7)8;2*1-15(2)9-18-11-8-17-14(19-12(11)13(15)16)10-6-4-3-5-7-10;1-9-10(11(13)12(2,3)8-15-9)17-18(4)16-7-5-6-14;1-8(2)4-12-5(3-10)6(11)7(8)9;1-5-6(10)7(9)8(2,3)4-11-5;3*1-2;;;;/h3-7,11-14H,8-9H2,1-2H3;12-15H,9,11H2,1-8H3;2*3-7,11-14,16H,8-9H2,1-2H3;9-11H,5,7-8H2,1-4H3;5-7,10-11H,3-4H2,1-2H3;5-7,10H,4H2,1-3H3;1H3;2*2H,1H3;4*1H4/t11-,12?,13-,14-;;11-,12?,13+,14-;11-,12?,13-,14-;9-,10?,11-,18?;2*5-,6?,7-;;;;;;;/m1.11111......./s1/i;;;;1D;;1D;1TD;2*2T;;;;. The molecule has 3 aromatic rings. The number of hydrogen-bond acceptors (Lipinski definition) is 24. The Bertz CT molecular complexity index is 3440. The predicted molar refractivity (Wildman–Crippen MR) is 499 cm³/mol. The first kappa shape index (κ1) is 115. The van der Waals surface area contributed by atoms with Gasteiger partial charge in [0.05, 0.1) is 116 Å². The van der Waals surface area contributed by atoms with E-state index in [1.807, 2.05) is 139 Å². The van der Waals surface area contributed by atoms with Crippen molar-refractivity contribution in [3.63, 3.8) is 0 Å². The average molecular weight is 1900 g/mol. The van der Waals surface area contributed by atoms with Gasteiger partial charge in [-0.15, -0.1) is 11.6 Å². The molecule has 0 bridgehead atoms. The number of benzene rings is 3. The lowest BCUT2D eigenvalue weighted by atomic mass is 9.80. The maximum absolute atomic E-state index is 14.5. The number of aliphatic hydroxyl groups excluding tert-OH is 7. The van der Waals surface area contributed by atoms with Gasteiger partial charge in [0.1, 0.15) is 85.7 Å². The van der Waals surface area contributed by atoms with Crippen LogP contribution >= 0.6 is 27.4 Å². The molecule has 23 atom stereocenters. The van der Waals surface area contributed by atoms with E-state index in [1.54, 1.807) is 48.2 Å². The van der Waals surface area contributed by atoms with Crippen LogP contribution in [0.2, 0.25) is 0 Å². The minimum absolute atomic E-state index is 0. The quantitative estimate of drug-likeness (QED) is 0.0286. The van der Waals surface area contributed by atoms with E-state index in [9.17, 15) is 42.6 Å². The molecule has 12 rings (SSSR count). The summed E-state index contributed by atoms with van der Waals surface area (Å²) in [5.74, 6) is 0. The SMILES string of the molecule is C.C.C.C.CC(C)N(C(C)C)P(=O)(CCC#N)N(C(C)C)C(C)C.CC1(C)CO[C@@H]2CO[C@@H](c3ccccc3)OC2[C@@H]1O.CC1(C)CO[C@@H]2CO[C@@H](c3ccccc3)OC2[C@H]1F.CC1(C)CO[C@@H]2CO[C@@H](c3ccccc3)OC2[C@H]1O.CC1(C)CO[C@H](CO)C(O)[C@H]1F.[2H]C([3H])Cl.[2H]C[C@H]1OCC(C)(C)[C@H](F)C1O.[2H]C[C@H]1OCC(C)(C)[C@H](F)C1OP(C)OCCC#N.[3H]OC.[3H]OC. The molecule has 128 heavy (non-hydrogen) atoms. The molecule has 0 aliphatic carbocycles. The third kappa shape index (κ3) is 36.1. The third-order valence-corrected chi connectivity index (χ3v) is 27.4. The molecule has 0 spiro atoms. The van der Waals surface area contributed by atoms with E-state index >= 15 is 0 Å². The molecule has 3 aromatic carbocycles. The summed E-state index contributed by atoms with van der Waals surface area (Å²) in [5, 5.41) is 72.6. The lowest BCUT2D eigenvalue weighted by Gasteiger charge is -2.48. The van der Waals surface area contributed by atoms with Crippen molar-refractivity contribution in [3.8, 4) is 12.1 Å². The van der Waals surface area contributed by atoms with E-state index in [-0.39, 0.29) is 148 Å². The number of ether oxygens (including phenoxy) is 12. The molecule has 8 unspecified atom stereocenters. The highest BCUT2D eigenvalue weighted by molar-refractivity contribution is 7.59. The van der Waals surface area contributed by atoms with Crippen molar-refractivity contribution in [3.05, 3.63) is 108 Å². The summed E-state index contributed by atoms with van der Waals surface area (Å²) in [4.78, 5) is 0. The topological polar surface area (TPSA) is 342 Å². The fourth-order valence-electron chi connectivity index (χ4n) is 15.1. The molecule has 0 aromatic heterocycles. The second kappa shape index (κ2) is 59.4. The van der Waals surface area contributed by atoms with Crippen molar-refractivity contribution in [1.82, 2.24) is 9.34 Å². The Balaban J connectivity index is 0. The van der Waals surface area contributed by atoms with Gasteiger partial charge in [0.2, 0.25) is 10.3 Å². The maximum Gasteiger partial charge on any atom is 0.218 e. The van der Waals surface area contributed by atoms with Gasteiger partial charge in [-0.1, -0.05) is 204 Å². The summed E-state index contributed by atoms with van der Waals surface area (Å²) in [6.45, 7) is 43.8. The molecule has 0 saturated carbocycles. The molecular formula is C95H169ClF4N4O22P2. The van der Waals surface area contributed by atoms with Gasteiger partial charge in [-0.25, -0.2) is 26.9 Å². The molecular weight excluding hydrogens is 1720 g/mol. The van der Waals surface area contributed by atoms with Crippen molar-refractivity contribution < 1.29 is 129 Å². The van der Waals surface area contributed by atoms with Gasteiger partial charge in [-0.2, -0.15) is 10.5 Å². The Morgan fingerprint density at radius 3 is 1.18 bits per heavy atom. The first-order valence-corrected chi connectivity index (χ1v) is 46.2. The summed E-state index contributed by atoms with van der Waals surface area (Å²) in [6.07, 6.45) is -14.4. The summed E-state index contributed by atoms with van der Waals surface area (Å²) in [7, 11) is -1.42. The highest BCUT2D eigenvalue weighted by Crippen LogP contribution is 2.58. The van der Waals surface area contributed by atoms with Crippen molar-refractivity contribution in [2.24, 2.45) is 32.5 Å². The molecule has 9 fully saturated rings. The van der Waals surface area contributed by atoms with Crippen LogP contribution in [-0.2, 0) is 70.5 Å². The Labute approximate surface area is 782 Å². The average Bonchev–Trinajstić information content (AvgIpc) is 0.780. The Morgan fingerprint density at radius 1 is 0.516 bits per heavy atom. The fourth-order valence-corrected chi connectivity index (χ4v) is 20.1. The molecule has 9 saturated heterocycles. The summed E-state index contributed by atoms with van der Waals surface area (Å²) < 4.78 is 190. The fraction of sp³-hybridized carbons (Fsp3) is 0.789. The Kier molecular flexibility index (Phi) is 53.3. The number of nitrogens with zero attached hydrogens (tertiary/aromatic N) is 4. The van der Waals surface area contributed by atoms with Crippen LogP contribution in [0, 0.1) is 55.2 Å². The van der Waals surface area contributed by atoms with Crippen LogP contribution in [-0.4, -0.2) is 288 Å². The van der Waals surface area contributed by atoms with Gasteiger partial charge in [0, 0.05) is 119 Å². The zero-order valence-electron chi connectivity index (χ0n) is 83.2. The highest BCUT2D eigenvalue weighted by Gasteiger charge is 2.54. The molecule has 33 heteroatoms. The van der Waals surface area contributed by atoms with Crippen molar-refractivity contribution in [2.75, 3.05) is 106 Å². The van der Waals surface area contributed by atoms with Crippen LogP contribution in [0.1, 0.15) is 236 Å². The minimum Gasteiger partial charge on any atom is -0.400 e. The highest BCUT2D eigenvalue weighted by atomic mass is 35.5. The molecule has 0 amide bonds. The van der Waals surface area contributed by atoms with E-state index in [1.165, 1.54) is 14.2 Å². The van der Waals surface area contributed by atoms with E-state index in [4.69, 9.17) is 89.9 Å². The lowest BCUT2D eigenvalue weighted by molar-refractivity contribution is -0.318. The Hall–Kier alpha value is -3.61. The van der Waals surface area contributed by atoms with Crippen LogP contribution in [0.4, 0.5) is 17.6 Å². The van der Waals surface area contributed by atoms with Gasteiger partial charge in [0.15, 0.2) is 27.2 Å². The number of alkyl halides is 5. The van der Waals surface area contributed by atoms with E-state index in [2.05, 4.69) is 92.6 Å². The molecule has 26 nitrogen and oxygen atoms in total. The number of nitriles is 2. The van der Waals surface area contributed by atoms with Gasteiger partial charge >= 0.3 is 0 Å². The smallest absolute Gasteiger partial charge is 0.218 e. The van der Waals surface area contributed by atoms with Crippen molar-refractivity contribution in [1.29, 1.82) is 13.4 Å². The Morgan fingerprint density at radius 2 is 0.828 bits per heavy atom. The first-order valence-electron chi connectivity index (χ1n) is 45.7. The molecule has 0 radical (unpaired) electrons. The van der Waals surface area contributed by atoms with E-state index in [0.717, 1.165) is 16.7 Å². The molecule has 7 N–H and O–H groups in total. The second-order valence-corrected chi connectivity index (χ2v) is 40.9. The van der Waals surface area contributed by atoms with E-state index in [0.29, 0.717) is 52.2 Å². The first-order chi connectivity index (χ1) is 60.8. The predicted octanol–water partition coefficient (Wildman–Crippen LogP) is 17.8. The number of aliphatic hydroxyl groups is 7. The minimum atomic E-state index is -2.74. The summed E-state index contributed by atoms with van der Waals surface area (Å²) in [6, 6.07) is 34.1. The second-order valence-electron chi connectivity index (χ2n) is 36.9. The maximum atomic E-state index is 14.5. The van der Waals surface area contributed by atoms with Crippen molar-refractivity contribution >= 4 is 27.4 Å². The molecule has 9 heterocycles. The van der Waals surface area contributed by atoms with Gasteiger partial charge in [0.25, 0.3) is 0 Å². The number of fused-ring (bicyclic) bond motifs is 3. The number of halogens is 5. The van der Waals surface area contributed by atoms with Gasteiger partial charge < -0.3 is 102 Å². The number of rotatable bonds is 17. The largest absolute Gasteiger partial charge is 0.400 e. The van der Waals surface area contributed by atoms with Gasteiger partial charge in [-0.05, 0) is 69.2 Å². The van der Waals surface area contributed by atoms with Crippen LogP contribution in [0.5, 0.6) is 0 Å². The molecule has 746 valence electrons.